The van der Waals surface area contributed by atoms with Gasteiger partial charge in [-0.05, 0) is 43.7 Å². The van der Waals surface area contributed by atoms with E-state index in [1.807, 2.05) is 41.4 Å². The highest BCUT2D eigenvalue weighted by Gasteiger charge is 2.37. The molecule has 2 aromatic rings. The number of carbonyl (C=O) groups is 1. The van der Waals surface area contributed by atoms with E-state index in [9.17, 15) is 4.79 Å². The summed E-state index contributed by atoms with van der Waals surface area (Å²) < 4.78 is 1.73. The summed E-state index contributed by atoms with van der Waals surface area (Å²) in [6.07, 6.45) is 7.95. The summed E-state index contributed by atoms with van der Waals surface area (Å²) in [5.41, 5.74) is 1.74. The van der Waals surface area contributed by atoms with Gasteiger partial charge in [0.15, 0.2) is 0 Å². The Labute approximate surface area is 141 Å². The first-order valence-electron chi connectivity index (χ1n) is 8.82. The molecule has 1 saturated heterocycles. The highest BCUT2D eigenvalue weighted by Crippen LogP contribution is 2.36. The molecule has 2 atom stereocenters. The zero-order valence-electron chi connectivity index (χ0n) is 13.8. The predicted octanol–water partition coefficient (Wildman–Crippen LogP) is 2.74. The maximum atomic E-state index is 12.6. The number of fused-ring (bicyclic) bond motifs is 1. The van der Waals surface area contributed by atoms with E-state index >= 15 is 0 Å². The summed E-state index contributed by atoms with van der Waals surface area (Å²) in [4.78, 5) is 14.6. The summed E-state index contributed by atoms with van der Waals surface area (Å²) in [6, 6.07) is 10.3. The third-order valence-corrected chi connectivity index (χ3v) is 5.24. The summed E-state index contributed by atoms with van der Waals surface area (Å²) in [7, 11) is 0. The van der Waals surface area contributed by atoms with Crippen LogP contribution in [-0.4, -0.2) is 38.5 Å². The zero-order chi connectivity index (χ0) is 16.4. The number of rotatable bonds is 3. The van der Waals surface area contributed by atoms with Gasteiger partial charge in [0.1, 0.15) is 5.69 Å². The standard InChI is InChI=1S/C18H23N5O/c24-18(22-11-5-7-14-6-4-10-17(14)22)19-12-15-13-23(21-20-15)16-8-2-1-3-9-16/h1-3,8-9,13-14,17H,4-7,10-12H2,(H,19,24). The van der Waals surface area contributed by atoms with Crippen molar-refractivity contribution in [2.75, 3.05) is 6.54 Å². The van der Waals surface area contributed by atoms with E-state index in [-0.39, 0.29) is 6.03 Å². The van der Waals surface area contributed by atoms with Gasteiger partial charge in [-0.3, -0.25) is 0 Å². The molecule has 2 aliphatic rings. The molecule has 1 saturated carbocycles. The first-order chi connectivity index (χ1) is 11.8. The molecule has 0 radical (unpaired) electrons. The third kappa shape index (κ3) is 3.00. The van der Waals surface area contributed by atoms with Crippen molar-refractivity contribution < 1.29 is 4.79 Å². The van der Waals surface area contributed by atoms with Crippen molar-refractivity contribution in [3.8, 4) is 5.69 Å². The molecule has 1 aromatic heterocycles. The van der Waals surface area contributed by atoms with E-state index in [0.29, 0.717) is 18.5 Å². The number of carbonyl (C=O) groups excluding carboxylic acids is 1. The van der Waals surface area contributed by atoms with Crippen LogP contribution in [0.3, 0.4) is 0 Å². The van der Waals surface area contributed by atoms with Gasteiger partial charge < -0.3 is 10.2 Å². The second-order valence-corrected chi connectivity index (χ2v) is 6.74. The van der Waals surface area contributed by atoms with E-state index in [2.05, 4.69) is 15.6 Å². The number of urea groups is 1. The van der Waals surface area contributed by atoms with Gasteiger partial charge in [0.25, 0.3) is 0 Å². The Bertz CT molecular complexity index is 698. The molecule has 6 heteroatoms. The molecule has 126 valence electrons. The van der Waals surface area contributed by atoms with E-state index in [1.165, 1.54) is 19.3 Å². The fourth-order valence-corrected chi connectivity index (χ4v) is 4.06. The molecule has 1 aromatic carbocycles. The lowest BCUT2D eigenvalue weighted by Crippen LogP contribution is -2.50. The Kier molecular flexibility index (Phi) is 4.19. The van der Waals surface area contributed by atoms with E-state index in [0.717, 1.165) is 30.8 Å². The Morgan fingerprint density at radius 3 is 2.88 bits per heavy atom. The van der Waals surface area contributed by atoms with Crippen LogP contribution < -0.4 is 5.32 Å². The van der Waals surface area contributed by atoms with Gasteiger partial charge >= 0.3 is 6.03 Å². The smallest absolute Gasteiger partial charge is 0.317 e. The van der Waals surface area contributed by atoms with Crippen molar-refractivity contribution in [2.24, 2.45) is 5.92 Å². The number of benzene rings is 1. The molecule has 2 fully saturated rings. The molecule has 2 amide bonds. The summed E-state index contributed by atoms with van der Waals surface area (Å²) in [5.74, 6) is 0.712. The maximum absolute atomic E-state index is 12.6. The van der Waals surface area contributed by atoms with Crippen LogP contribution in [0.15, 0.2) is 36.5 Å². The van der Waals surface area contributed by atoms with Gasteiger partial charge in [-0.1, -0.05) is 29.8 Å². The second-order valence-electron chi connectivity index (χ2n) is 6.74. The number of hydrogen-bond acceptors (Lipinski definition) is 3. The van der Waals surface area contributed by atoms with Crippen molar-refractivity contribution in [2.45, 2.75) is 44.7 Å². The van der Waals surface area contributed by atoms with Gasteiger partial charge in [-0.15, -0.1) is 5.10 Å². The monoisotopic (exact) mass is 325 g/mol. The second kappa shape index (κ2) is 6.63. The number of aromatic nitrogens is 3. The normalized spacial score (nSPS) is 23.1. The fraction of sp³-hybridized carbons (Fsp3) is 0.500. The molecular formula is C18H23N5O. The van der Waals surface area contributed by atoms with Crippen LogP contribution in [0.4, 0.5) is 4.79 Å². The molecular weight excluding hydrogens is 302 g/mol. The predicted molar refractivity (Wildman–Crippen MR) is 90.7 cm³/mol. The summed E-state index contributed by atoms with van der Waals surface area (Å²) in [6.45, 7) is 1.29. The van der Waals surface area contributed by atoms with Crippen LogP contribution in [0.25, 0.3) is 5.69 Å². The SMILES string of the molecule is O=C(NCc1cn(-c2ccccc2)nn1)N1CCCC2CCCC21. The van der Waals surface area contributed by atoms with Crippen LogP contribution in [0.1, 0.15) is 37.8 Å². The van der Waals surface area contributed by atoms with Crippen LogP contribution in [0.5, 0.6) is 0 Å². The molecule has 4 rings (SSSR count). The molecule has 2 unspecified atom stereocenters. The van der Waals surface area contributed by atoms with E-state index in [4.69, 9.17) is 0 Å². The lowest BCUT2D eigenvalue weighted by Gasteiger charge is -2.37. The highest BCUT2D eigenvalue weighted by atomic mass is 16.2. The number of amides is 2. The Morgan fingerprint density at radius 1 is 1.17 bits per heavy atom. The first kappa shape index (κ1) is 15.2. The molecule has 24 heavy (non-hydrogen) atoms. The fourth-order valence-electron chi connectivity index (χ4n) is 4.06. The first-order valence-corrected chi connectivity index (χ1v) is 8.82. The van der Waals surface area contributed by atoms with Crippen LogP contribution >= 0.6 is 0 Å². The molecule has 1 aliphatic heterocycles. The van der Waals surface area contributed by atoms with Gasteiger partial charge in [0.2, 0.25) is 0 Å². The number of nitrogens with one attached hydrogen (secondary N) is 1. The minimum Gasteiger partial charge on any atom is -0.332 e. The lowest BCUT2D eigenvalue weighted by molar-refractivity contribution is 0.128. The van der Waals surface area contributed by atoms with Crippen molar-refractivity contribution in [3.63, 3.8) is 0 Å². The summed E-state index contributed by atoms with van der Waals surface area (Å²) in [5, 5.41) is 11.3. The Balaban J connectivity index is 1.37. The van der Waals surface area contributed by atoms with Gasteiger partial charge in [0.05, 0.1) is 18.4 Å². The minimum absolute atomic E-state index is 0.0425. The minimum atomic E-state index is 0.0425. The van der Waals surface area contributed by atoms with Gasteiger partial charge in [-0.25, -0.2) is 9.48 Å². The van der Waals surface area contributed by atoms with Crippen molar-refractivity contribution in [3.05, 3.63) is 42.2 Å². The number of piperidine rings is 1. The largest absolute Gasteiger partial charge is 0.332 e. The Morgan fingerprint density at radius 2 is 2.00 bits per heavy atom. The maximum Gasteiger partial charge on any atom is 0.317 e. The Hall–Kier alpha value is -2.37. The summed E-state index contributed by atoms with van der Waals surface area (Å²) >= 11 is 0. The molecule has 0 spiro atoms. The lowest BCUT2D eigenvalue weighted by atomic mass is 9.92. The van der Waals surface area contributed by atoms with E-state index in [1.54, 1.807) is 4.68 Å². The average molecular weight is 325 g/mol. The van der Waals surface area contributed by atoms with Crippen LogP contribution in [0, 0.1) is 5.92 Å². The topological polar surface area (TPSA) is 63.1 Å². The number of nitrogens with zero attached hydrogens (tertiary/aromatic N) is 4. The van der Waals surface area contributed by atoms with Crippen molar-refractivity contribution in [1.82, 2.24) is 25.2 Å². The van der Waals surface area contributed by atoms with E-state index < -0.39 is 0 Å². The number of para-hydroxylation sites is 1. The van der Waals surface area contributed by atoms with Crippen LogP contribution in [-0.2, 0) is 6.54 Å². The van der Waals surface area contributed by atoms with Crippen molar-refractivity contribution in [1.29, 1.82) is 0 Å². The number of hydrogen-bond donors (Lipinski definition) is 1. The molecule has 2 heterocycles. The quantitative estimate of drug-likeness (QED) is 0.944. The van der Waals surface area contributed by atoms with Crippen molar-refractivity contribution >= 4 is 6.03 Å². The van der Waals surface area contributed by atoms with Crippen LogP contribution in [0.2, 0.25) is 0 Å². The molecule has 1 N–H and O–H groups in total. The highest BCUT2D eigenvalue weighted by molar-refractivity contribution is 5.74. The van der Waals surface area contributed by atoms with Gasteiger partial charge in [0, 0.05) is 12.6 Å². The van der Waals surface area contributed by atoms with Gasteiger partial charge in [-0.2, -0.15) is 0 Å². The molecule has 1 aliphatic carbocycles. The number of likely N-dealkylation sites (tertiary alicyclic amines) is 1. The molecule has 0 bridgehead atoms. The average Bonchev–Trinajstić information content (AvgIpc) is 3.29. The molecule has 6 nitrogen and oxygen atoms in total. The zero-order valence-corrected chi connectivity index (χ0v) is 13.8. The third-order valence-electron chi connectivity index (χ3n) is 5.24.